The van der Waals surface area contributed by atoms with E-state index in [4.69, 9.17) is 0 Å². The van der Waals surface area contributed by atoms with Gasteiger partial charge in [-0.05, 0) is 23.6 Å². The second-order valence-electron chi connectivity index (χ2n) is 6.27. The van der Waals surface area contributed by atoms with Crippen LogP contribution >= 0.6 is 0 Å². The van der Waals surface area contributed by atoms with Gasteiger partial charge in [0.25, 0.3) is 0 Å². The predicted octanol–water partition coefficient (Wildman–Crippen LogP) is 3.72. The van der Waals surface area contributed by atoms with Gasteiger partial charge in [0.05, 0.1) is 5.56 Å². The first-order chi connectivity index (χ1) is 11.5. The highest BCUT2D eigenvalue weighted by Gasteiger charge is 2.30. The highest BCUT2D eigenvalue weighted by Crippen LogP contribution is 2.29. The predicted molar refractivity (Wildman–Crippen MR) is 88.7 cm³/mol. The summed E-state index contributed by atoms with van der Waals surface area (Å²) in [4.78, 5) is 2.35. The molecule has 1 aliphatic heterocycles. The van der Waals surface area contributed by atoms with Crippen LogP contribution in [0.5, 0.6) is 0 Å². The molecule has 1 N–H and O–H groups in total. The van der Waals surface area contributed by atoms with Gasteiger partial charge in [-0.15, -0.1) is 0 Å². The van der Waals surface area contributed by atoms with Gasteiger partial charge in [0.2, 0.25) is 0 Å². The Hall–Kier alpha value is -1.85. The van der Waals surface area contributed by atoms with E-state index in [-0.39, 0.29) is 6.04 Å². The zero-order chi connectivity index (χ0) is 17.0. The Bertz CT molecular complexity index is 655. The van der Waals surface area contributed by atoms with Crippen LogP contribution in [0.4, 0.5) is 13.2 Å². The molecule has 2 aromatic rings. The Morgan fingerprint density at radius 1 is 1.00 bits per heavy atom. The van der Waals surface area contributed by atoms with Crippen LogP contribution in [0, 0.1) is 0 Å². The molecule has 3 rings (SSSR count). The van der Waals surface area contributed by atoms with Gasteiger partial charge < -0.3 is 5.32 Å². The summed E-state index contributed by atoms with van der Waals surface area (Å²) >= 11 is 0. The first kappa shape index (κ1) is 17.0. The maximum Gasteiger partial charge on any atom is 0.416 e. The molecule has 24 heavy (non-hydrogen) atoms. The number of hydrogen-bond acceptors (Lipinski definition) is 2. The Kier molecular flexibility index (Phi) is 5.21. The summed E-state index contributed by atoms with van der Waals surface area (Å²) in [5.41, 5.74) is 1.41. The molecule has 1 atom stereocenters. The van der Waals surface area contributed by atoms with Gasteiger partial charge in [0.15, 0.2) is 0 Å². The summed E-state index contributed by atoms with van der Waals surface area (Å²) in [5.74, 6) is 0. The SMILES string of the molecule is FC(F)(F)c1cccc(C[C@@H]2CN(Cc3ccccc3)CCN2)c1. The van der Waals surface area contributed by atoms with Crippen LogP contribution in [-0.4, -0.2) is 30.6 Å². The molecule has 0 radical (unpaired) electrons. The summed E-state index contributed by atoms with van der Waals surface area (Å²) in [7, 11) is 0. The molecule has 1 aliphatic rings. The third kappa shape index (κ3) is 4.58. The Morgan fingerprint density at radius 3 is 2.50 bits per heavy atom. The third-order valence-corrected chi connectivity index (χ3v) is 4.33. The Morgan fingerprint density at radius 2 is 1.75 bits per heavy atom. The number of halogens is 3. The molecule has 0 spiro atoms. The standard InChI is InChI=1S/C19H21F3N2/c20-19(21,22)17-8-4-7-16(11-17)12-18-14-24(10-9-23-18)13-15-5-2-1-3-6-15/h1-8,11,18,23H,9-10,12-14H2/t18-/m1/s1. The average Bonchev–Trinajstić information content (AvgIpc) is 2.56. The van der Waals surface area contributed by atoms with Crippen LogP contribution in [-0.2, 0) is 19.1 Å². The maximum atomic E-state index is 12.8. The molecule has 2 nitrogen and oxygen atoms in total. The number of benzene rings is 2. The van der Waals surface area contributed by atoms with Crippen molar-refractivity contribution < 1.29 is 13.2 Å². The summed E-state index contributed by atoms with van der Waals surface area (Å²) in [6.07, 6.45) is -3.68. The molecule has 0 amide bonds. The molecule has 2 aromatic carbocycles. The summed E-state index contributed by atoms with van der Waals surface area (Å²) in [6.45, 7) is 3.52. The molecule has 0 saturated carbocycles. The normalized spacial score (nSPS) is 19.4. The van der Waals surface area contributed by atoms with Crippen molar-refractivity contribution in [1.29, 1.82) is 0 Å². The lowest BCUT2D eigenvalue weighted by atomic mass is 10.0. The van der Waals surface area contributed by atoms with E-state index < -0.39 is 11.7 Å². The van der Waals surface area contributed by atoms with Crippen molar-refractivity contribution in [3.63, 3.8) is 0 Å². The van der Waals surface area contributed by atoms with Gasteiger partial charge in [0.1, 0.15) is 0 Å². The van der Waals surface area contributed by atoms with Gasteiger partial charge >= 0.3 is 6.18 Å². The molecule has 0 aromatic heterocycles. The highest BCUT2D eigenvalue weighted by atomic mass is 19.4. The van der Waals surface area contributed by atoms with E-state index in [1.807, 2.05) is 18.2 Å². The third-order valence-electron chi connectivity index (χ3n) is 4.33. The fourth-order valence-electron chi connectivity index (χ4n) is 3.18. The number of nitrogens with zero attached hydrogens (tertiary/aromatic N) is 1. The second-order valence-corrected chi connectivity index (χ2v) is 6.27. The molecule has 0 aliphatic carbocycles. The fraction of sp³-hybridized carbons (Fsp3) is 0.368. The zero-order valence-corrected chi connectivity index (χ0v) is 13.4. The molecule has 1 heterocycles. The molecule has 0 unspecified atom stereocenters. The summed E-state index contributed by atoms with van der Waals surface area (Å²) in [5, 5.41) is 3.42. The molecule has 1 saturated heterocycles. The first-order valence-corrected chi connectivity index (χ1v) is 8.16. The Labute approximate surface area is 140 Å². The lowest BCUT2D eigenvalue weighted by molar-refractivity contribution is -0.137. The minimum atomic E-state index is -4.28. The van der Waals surface area contributed by atoms with Crippen molar-refractivity contribution in [2.45, 2.75) is 25.2 Å². The van der Waals surface area contributed by atoms with Crippen LogP contribution in [0.2, 0.25) is 0 Å². The van der Waals surface area contributed by atoms with E-state index >= 15 is 0 Å². The summed E-state index contributed by atoms with van der Waals surface area (Å²) < 4.78 is 38.5. The van der Waals surface area contributed by atoms with Crippen LogP contribution in [0.15, 0.2) is 54.6 Å². The van der Waals surface area contributed by atoms with Crippen LogP contribution in [0.1, 0.15) is 16.7 Å². The van der Waals surface area contributed by atoms with Crippen molar-refractivity contribution in [3.8, 4) is 0 Å². The number of rotatable bonds is 4. The number of piperazine rings is 1. The lowest BCUT2D eigenvalue weighted by Gasteiger charge is -2.34. The van der Waals surface area contributed by atoms with Crippen molar-refractivity contribution in [2.24, 2.45) is 0 Å². The fourth-order valence-corrected chi connectivity index (χ4v) is 3.18. The van der Waals surface area contributed by atoms with Crippen molar-refractivity contribution >= 4 is 0 Å². The summed E-state index contributed by atoms with van der Waals surface area (Å²) in [6, 6.07) is 16.1. The van der Waals surface area contributed by atoms with E-state index in [0.717, 1.165) is 37.8 Å². The zero-order valence-electron chi connectivity index (χ0n) is 13.4. The van der Waals surface area contributed by atoms with E-state index in [0.29, 0.717) is 6.42 Å². The monoisotopic (exact) mass is 334 g/mol. The van der Waals surface area contributed by atoms with Gasteiger partial charge in [-0.1, -0.05) is 48.5 Å². The first-order valence-electron chi connectivity index (χ1n) is 8.16. The minimum absolute atomic E-state index is 0.172. The molecule has 128 valence electrons. The van der Waals surface area contributed by atoms with E-state index in [2.05, 4.69) is 22.3 Å². The molecule has 5 heteroatoms. The van der Waals surface area contributed by atoms with Gasteiger partial charge in [-0.2, -0.15) is 13.2 Å². The number of alkyl halides is 3. The van der Waals surface area contributed by atoms with Crippen molar-refractivity contribution in [1.82, 2.24) is 10.2 Å². The highest BCUT2D eigenvalue weighted by molar-refractivity contribution is 5.26. The molecular formula is C19H21F3N2. The van der Waals surface area contributed by atoms with Gasteiger partial charge in [-0.25, -0.2) is 0 Å². The number of nitrogens with one attached hydrogen (secondary N) is 1. The van der Waals surface area contributed by atoms with Crippen LogP contribution in [0.3, 0.4) is 0 Å². The average molecular weight is 334 g/mol. The topological polar surface area (TPSA) is 15.3 Å². The van der Waals surface area contributed by atoms with Gasteiger partial charge in [0, 0.05) is 32.2 Å². The lowest BCUT2D eigenvalue weighted by Crippen LogP contribution is -2.51. The van der Waals surface area contributed by atoms with E-state index in [1.165, 1.54) is 17.7 Å². The Balaban J connectivity index is 1.61. The molecule has 0 bridgehead atoms. The van der Waals surface area contributed by atoms with Gasteiger partial charge in [-0.3, -0.25) is 4.90 Å². The van der Waals surface area contributed by atoms with Crippen LogP contribution in [0.25, 0.3) is 0 Å². The molecule has 1 fully saturated rings. The quantitative estimate of drug-likeness (QED) is 0.917. The smallest absolute Gasteiger partial charge is 0.311 e. The second kappa shape index (κ2) is 7.36. The van der Waals surface area contributed by atoms with E-state index in [9.17, 15) is 13.2 Å². The van der Waals surface area contributed by atoms with Crippen molar-refractivity contribution in [3.05, 3.63) is 71.3 Å². The van der Waals surface area contributed by atoms with E-state index in [1.54, 1.807) is 6.07 Å². The largest absolute Gasteiger partial charge is 0.416 e. The van der Waals surface area contributed by atoms with Crippen LogP contribution < -0.4 is 5.32 Å². The number of hydrogen-bond donors (Lipinski definition) is 1. The minimum Gasteiger partial charge on any atom is -0.311 e. The molecular weight excluding hydrogens is 313 g/mol. The van der Waals surface area contributed by atoms with Crippen molar-refractivity contribution in [2.75, 3.05) is 19.6 Å². The maximum absolute atomic E-state index is 12.8.